The molecule has 0 saturated carbocycles. The average molecular weight is 349 g/mol. The highest BCUT2D eigenvalue weighted by molar-refractivity contribution is 5.94. The van der Waals surface area contributed by atoms with Crippen LogP contribution in [0.4, 0.5) is 13.2 Å². The molecule has 1 fully saturated rings. The molecule has 0 aromatic heterocycles. The van der Waals surface area contributed by atoms with Gasteiger partial charge >= 0.3 is 0 Å². The molecule has 0 spiro atoms. The van der Waals surface area contributed by atoms with Crippen LogP contribution in [0.1, 0.15) is 28.8 Å². The molecule has 132 valence electrons. The van der Waals surface area contributed by atoms with Gasteiger partial charge in [-0.3, -0.25) is 4.79 Å². The van der Waals surface area contributed by atoms with E-state index in [9.17, 15) is 18.0 Å². The summed E-state index contributed by atoms with van der Waals surface area (Å²) in [5.41, 5.74) is 0.570. The summed E-state index contributed by atoms with van der Waals surface area (Å²) in [4.78, 5) is 14.1. The van der Waals surface area contributed by atoms with Gasteiger partial charge in [-0.1, -0.05) is 12.1 Å². The number of likely N-dealkylation sites (tertiary alicyclic amines) is 1. The molecule has 1 atom stereocenters. The second-order valence-corrected chi connectivity index (χ2v) is 6.07. The van der Waals surface area contributed by atoms with Gasteiger partial charge in [0.15, 0.2) is 0 Å². The van der Waals surface area contributed by atoms with Crippen molar-refractivity contribution in [2.24, 2.45) is 0 Å². The quantitative estimate of drug-likeness (QED) is 0.837. The summed E-state index contributed by atoms with van der Waals surface area (Å²) in [6, 6.07) is 8.92. The summed E-state index contributed by atoms with van der Waals surface area (Å²) in [5, 5.41) is 0. The van der Waals surface area contributed by atoms with Crippen LogP contribution in [0.5, 0.6) is 0 Å². The number of rotatable bonds is 4. The molecular weight excluding hydrogens is 331 g/mol. The molecule has 0 radical (unpaired) electrons. The predicted octanol–water partition coefficient (Wildman–Crippen LogP) is 3.93. The number of amides is 1. The molecule has 1 heterocycles. The molecule has 1 amide bonds. The van der Waals surface area contributed by atoms with Gasteiger partial charge in [-0.2, -0.15) is 0 Å². The number of piperidine rings is 1. The summed E-state index contributed by atoms with van der Waals surface area (Å²) >= 11 is 0. The molecule has 2 aromatic rings. The van der Waals surface area contributed by atoms with E-state index in [1.54, 1.807) is 11.0 Å². The SMILES string of the molecule is O=C(c1cccc(F)c1)N1CCC[C@H](OCc2ccc(F)cc2F)C1. The topological polar surface area (TPSA) is 29.5 Å². The summed E-state index contributed by atoms with van der Waals surface area (Å²) in [5.74, 6) is -1.99. The third kappa shape index (κ3) is 4.39. The van der Waals surface area contributed by atoms with E-state index in [2.05, 4.69) is 0 Å². The van der Waals surface area contributed by atoms with Crippen LogP contribution < -0.4 is 0 Å². The van der Waals surface area contributed by atoms with Crippen LogP contribution in [0.3, 0.4) is 0 Å². The zero-order chi connectivity index (χ0) is 17.8. The van der Waals surface area contributed by atoms with Gasteiger partial charge in [0.25, 0.3) is 5.91 Å². The van der Waals surface area contributed by atoms with Crippen LogP contribution in [0, 0.1) is 17.5 Å². The molecule has 1 saturated heterocycles. The number of ether oxygens (including phenoxy) is 1. The van der Waals surface area contributed by atoms with Crippen molar-refractivity contribution in [3.8, 4) is 0 Å². The van der Waals surface area contributed by atoms with Gasteiger partial charge in [-0.15, -0.1) is 0 Å². The van der Waals surface area contributed by atoms with E-state index in [4.69, 9.17) is 4.74 Å². The third-order valence-corrected chi connectivity index (χ3v) is 4.23. The molecule has 0 N–H and O–H groups in total. The van der Waals surface area contributed by atoms with Crippen molar-refractivity contribution in [3.63, 3.8) is 0 Å². The summed E-state index contributed by atoms with van der Waals surface area (Å²) in [7, 11) is 0. The molecule has 1 aliphatic heterocycles. The standard InChI is InChI=1S/C19H18F3NO2/c20-15-4-1-3-13(9-15)19(24)23-8-2-5-17(11-23)25-12-14-6-7-16(21)10-18(14)22/h1,3-4,6-7,9-10,17H,2,5,8,11-12H2/t17-/m0/s1. The predicted molar refractivity (Wildman–Crippen MR) is 86.5 cm³/mol. The van der Waals surface area contributed by atoms with Gasteiger partial charge in [-0.25, -0.2) is 13.2 Å². The molecule has 6 heteroatoms. The van der Waals surface area contributed by atoms with Crippen LogP contribution in [-0.4, -0.2) is 30.0 Å². The number of carbonyl (C=O) groups is 1. The zero-order valence-corrected chi connectivity index (χ0v) is 13.6. The first-order chi connectivity index (χ1) is 12.0. The van der Waals surface area contributed by atoms with Crippen molar-refractivity contribution >= 4 is 5.91 Å². The maximum atomic E-state index is 13.6. The van der Waals surface area contributed by atoms with Gasteiger partial charge in [-0.05, 0) is 37.1 Å². The summed E-state index contributed by atoms with van der Waals surface area (Å²) < 4.78 is 45.6. The Morgan fingerprint density at radius 1 is 1.12 bits per heavy atom. The molecular formula is C19H18F3NO2. The minimum absolute atomic E-state index is 0.0127. The second-order valence-electron chi connectivity index (χ2n) is 6.07. The lowest BCUT2D eigenvalue weighted by molar-refractivity contribution is -0.00765. The Balaban J connectivity index is 1.60. The Hall–Kier alpha value is -2.34. The van der Waals surface area contributed by atoms with Gasteiger partial charge in [0.05, 0.1) is 12.7 Å². The molecule has 1 aliphatic rings. The Morgan fingerprint density at radius 3 is 2.68 bits per heavy atom. The minimum Gasteiger partial charge on any atom is -0.372 e. The van der Waals surface area contributed by atoms with E-state index in [1.165, 1.54) is 30.3 Å². The average Bonchev–Trinajstić information content (AvgIpc) is 2.60. The highest BCUT2D eigenvalue weighted by atomic mass is 19.1. The lowest BCUT2D eigenvalue weighted by atomic mass is 10.1. The molecule has 2 aromatic carbocycles. The maximum Gasteiger partial charge on any atom is 0.254 e. The normalized spacial score (nSPS) is 17.6. The first-order valence-electron chi connectivity index (χ1n) is 8.13. The summed E-state index contributed by atoms with van der Waals surface area (Å²) in [6.07, 6.45) is 1.25. The number of carbonyl (C=O) groups excluding carboxylic acids is 1. The van der Waals surface area contributed by atoms with E-state index in [0.717, 1.165) is 18.9 Å². The fourth-order valence-electron chi connectivity index (χ4n) is 2.91. The van der Waals surface area contributed by atoms with Crippen molar-refractivity contribution in [1.29, 1.82) is 0 Å². The lowest BCUT2D eigenvalue weighted by Crippen LogP contribution is -2.43. The zero-order valence-electron chi connectivity index (χ0n) is 13.6. The summed E-state index contributed by atoms with van der Waals surface area (Å²) in [6.45, 7) is 0.942. The van der Waals surface area contributed by atoms with Crippen molar-refractivity contribution < 1.29 is 22.7 Å². The molecule has 3 rings (SSSR count). The Kier molecular flexibility index (Phi) is 5.38. The lowest BCUT2D eigenvalue weighted by Gasteiger charge is -2.32. The van der Waals surface area contributed by atoms with Crippen LogP contribution in [0.25, 0.3) is 0 Å². The van der Waals surface area contributed by atoms with E-state index < -0.39 is 17.5 Å². The van der Waals surface area contributed by atoms with Crippen LogP contribution >= 0.6 is 0 Å². The van der Waals surface area contributed by atoms with Crippen molar-refractivity contribution in [2.45, 2.75) is 25.6 Å². The number of benzene rings is 2. The van der Waals surface area contributed by atoms with Crippen molar-refractivity contribution in [1.82, 2.24) is 4.90 Å². The third-order valence-electron chi connectivity index (χ3n) is 4.23. The maximum absolute atomic E-state index is 13.6. The van der Waals surface area contributed by atoms with Crippen LogP contribution in [0.2, 0.25) is 0 Å². The number of hydrogen-bond donors (Lipinski definition) is 0. The van der Waals surface area contributed by atoms with Crippen molar-refractivity contribution in [3.05, 3.63) is 71.0 Å². The second kappa shape index (κ2) is 7.70. The first kappa shape index (κ1) is 17.5. The van der Waals surface area contributed by atoms with E-state index in [1.807, 2.05) is 0 Å². The number of nitrogens with zero attached hydrogens (tertiary/aromatic N) is 1. The highest BCUT2D eigenvalue weighted by Gasteiger charge is 2.25. The molecule has 0 bridgehead atoms. The molecule has 25 heavy (non-hydrogen) atoms. The molecule has 3 nitrogen and oxygen atoms in total. The van der Waals surface area contributed by atoms with Gasteiger partial charge in [0.1, 0.15) is 17.5 Å². The Labute approximate surface area is 144 Å². The smallest absolute Gasteiger partial charge is 0.254 e. The highest BCUT2D eigenvalue weighted by Crippen LogP contribution is 2.19. The van der Waals surface area contributed by atoms with Crippen LogP contribution in [0.15, 0.2) is 42.5 Å². The monoisotopic (exact) mass is 349 g/mol. The van der Waals surface area contributed by atoms with E-state index >= 15 is 0 Å². The number of halogens is 3. The number of hydrogen-bond acceptors (Lipinski definition) is 2. The molecule has 0 aliphatic carbocycles. The van der Waals surface area contributed by atoms with Crippen molar-refractivity contribution in [2.75, 3.05) is 13.1 Å². The minimum atomic E-state index is -0.650. The van der Waals surface area contributed by atoms with Gasteiger partial charge in [0, 0.05) is 30.3 Å². The largest absolute Gasteiger partial charge is 0.372 e. The van der Waals surface area contributed by atoms with Gasteiger partial charge < -0.3 is 9.64 Å². The Bertz CT molecular complexity index is 766. The molecule has 0 unspecified atom stereocenters. The fourth-order valence-corrected chi connectivity index (χ4v) is 2.91. The first-order valence-corrected chi connectivity index (χ1v) is 8.13. The van der Waals surface area contributed by atoms with Gasteiger partial charge in [0.2, 0.25) is 0 Å². The van der Waals surface area contributed by atoms with Crippen LogP contribution in [-0.2, 0) is 11.3 Å². The Morgan fingerprint density at radius 2 is 1.92 bits per heavy atom. The van der Waals surface area contributed by atoms with E-state index in [0.29, 0.717) is 18.7 Å². The van der Waals surface area contributed by atoms with E-state index in [-0.39, 0.29) is 24.2 Å². The fraction of sp³-hybridized carbons (Fsp3) is 0.316.